The van der Waals surface area contributed by atoms with Crippen molar-refractivity contribution in [2.24, 2.45) is 7.05 Å². The van der Waals surface area contributed by atoms with Gasteiger partial charge < -0.3 is 19.7 Å². The Morgan fingerprint density at radius 3 is 2.42 bits per heavy atom. The van der Waals surface area contributed by atoms with Crippen molar-refractivity contribution < 1.29 is 9.59 Å². The summed E-state index contributed by atoms with van der Waals surface area (Å²) in [7, 11) is 1.98. The van der Waals surface area contributed by atoms with Crippen LogP contribution in [0.5, 0.6) is 0 Å². The summed E-state index contributed by atoms with van der Waals surface area (Å²) in [6.07, 6.45) is 4.81. The first-order valence-corrected chi connectivity index (χ1v) is 8.94. The number of nitrogens with zero attached hydrogens (tertiary/aromatic N) is 3. The Morgan fingerprint density at radius 1 is 1.12 bits per heavy atom. The van der Waals surface area contributed by atoms with Gasteiger partial charge >= 0.3 is 6.03 Å². The molecule has 0 aliphatic rings. The van der Waals surface area contributed by atoms with Crippen molar-refractivity contribution in [2.75, 3.05) is 26.2 Å². The highest BCUT2D eigenvalue weighted by molar-refractivity contribution is 5.84. The number of unbranched alkanes of at least 4 members (excludes halogenated alkanes) is 1. The molecule has 1 aromatic heterocycles. The summed E-state index contributed by atoms with van der Waals surface area (Å²) in [5.41, 5.74) is 1.10. The van der Waals surface area contributed by atoms with Crippen LogP contribution >= 0.6 is 0 Å². The average molecular weight is 336 g/mol. The minimum Gasteiger partial charge on any atom is -0.353 e. The third kappa shape index (κ3) is 6.26. The molecule has 0 unspecified atom stereocenters. The largest absolute Gasteiger partial charge is 0.353 e. The maximum Gasteiger partial charge on any atom is 0.317 e. The molecule has 0 radical (unpaired) electrons. The van der Waals surface area contributed by atoms with E-state index in [-0.39, 0.29) is 18.5 Å². The summed E-state index contributed by atoms with van der Waals surface area (Å²) >= 11 is 0. The lowest BCUT2D eigenvalue weighted by Crippen LogP contribution is -2.47. The fraction of sp³-hybridized carbons (Fsp3) is 0.667. The number of amides is 3. The molecule has 0 fully saturated rings. The van der Waals surface area contributed by atoms with E-state index in [1.807, 2.05) is 48.7 Å². The highest BCUT2D eigenvalue weighted by Crippen LogP contribution is 2.08. The zero-order chi connectivity index (χ0) is 17.9. The molecule has 0 aliphatic carbocycles. The topological polar surface area (TPSA) is 57.6 Å². The van der Waals surface area contributed by atoms with E-state index in [9.17, 15) is 9.59 Å². The van der Waals surface area contributed by atoms with Crippen molar-refractivity contribution in [3.8, 4) is 0 Å². The molecule has 1 N–H and O–H groups in total. The molecule has 0 saturated heterocycles. The molecule has 1 aromatic rings. The molecule has 1 rings (SSSR count). The maximum atomic E-state index is 12.8. The summed E-state index contributed by atoms with van der Waals surface area (Å²) in [4.78, 5) is 28.4. The summed E-state index contributed by atoms with van der Waals surface area (Å²) in [5.74, 6) is 0.00403. The van der Waals surface area contributed by atoms with Gasteiger partial charge in [-0.05, 0) is 31.9 Å². The van der Waals surface area contributed by atoms with Crippen LogP contribution in [0.3, 0.4) is 0 Å². The van der Waals surface area contributed by atoms with Crippen LogP contribution in [-0.2, 0) is 18.4 Å². The van der Waals surface area contributed by atoms with Crippen LogP contribution in [0.1, 0.15) is 45.7 Å². The molecular weight excluding hydrogens is 304 g/mol. The minimum absolute atomic E-state index is 0.00403. The van der Waals surface area contributed by atoms with Gasteiger partial charge in [-0.25, -0.2) is 4.79 Å². The number of rotatable bonds is 10. The minimum atomic E-state index is -0.165. The van der Waals surface area contributed by atoms with Crippen LogP contribution in [0, 0.1) is 0 Å². The second-order valence-corrected chi connectivity index (χ2v) is 6.04. The van der Waals surface area contributed by atoms with Gasteiger partial charge in [0.1, 0.15) is 6.54 Å². The highest BCUT2D eigenvalue weighted by Gasteiger charge is 2.21. The Bertz CT molecular complexity index is 513. The van der Waals surface area contributed by atoms with Crippen LogP contribution in [0.2, 0.25) is 0 Å². The number of carbonyl (C=O) groups excluding carboxylic acids is 2. The van der Waals surface area contributed by atoms with Crippen molar-refractivity contribution in [3.63, 3.8) is 0 Å². The lowest BCUT2D eigenvalue weighted by atomic mass is 10.2. The van der Waals surface area contributed by atoms with Gasteiger partial charge in [0.15, 0.2) is 0 Å². The van der Waals surface area contributed by atoms with Gasteiger partial charge in [0.05, 0.1) is 6.54 Å². The molecule has 0 saturated carbocycles. The van der Waals surface area contributed by atoms with E-state index < -0.39 is 0 Å². The fourth-order valence-electron chi connectivity index (χ4n) is 2.55. The van der Waals surface area contributed by atoms with Crippen LogP contribution in [-0.4, -0.2) is 52.5 Å². The van der Waals surface area contributed by atoms with Gasteiger partial charge in [0.25, 0.3) is 0 Å². The normalized spacial score (nSPS) is 10.5. The van der Waals surface area contributed by atoms with Gasteiger partial charge in [-0.1, -0.05) is 20.3 Å². The van der Waals surface area contributed by atoms with Crippen molar-refractivity contribution >= 4 is 11.9 Å². The zero-order valence-corrected chi connectivity index (χ0v) is 15.5. The standard InChI is InChI=1S/C18H32N4O2/c1-5-8-13-21(14-16-10-9-12-20(16)4)17(23)15-22(11-6-2)18(24)19-7-3/h9-10,12H,5-8,11,13-15H2,1-4H3,(H,19,24). The Morgan fingerprint density at radius 2 is 1.88 bits per heavy atom. The Labute approximate surface area is 145 Å². The molecule has 136 valence electrons. The van der Waals surface area contributed by atoms with E-state index in [4.69, 9.17) is 0 Å². The van der Waals surface area contributed by atoms with E-state index in [2.05, 4.69) is 12.2 Å². The number of aromatic nitrogens is 1. The van der Waals surface area contributed by atoms with E-state index >= 15 is 0 Å². The van der Waals surface area contributed by atoms with E-state index in [0.29, 0.717) is 19.6 Å². The predicted molar refractivity (Wildman–Crippen MR) is 96.7 cm³/mol. The second kappa shape index (κ2) is 10.7. The fourth-order valence-corrected chi connectivity index (χ4v) is 2.55. The second-order valence-electron chi connectivity index (χ2n) is 6.04. The van der Waals surface area contributed by atoms with Crippen molar-refractivity contribution in [1.82, 2.24) is 19.7 Å². The molecule has 0 aliphatic heterocycles. The maximum absolute atomic E-state index is 12.8. The summed E-state index contributed by atoms with van der Waals surface area (Å²) in [5, 5.41) is 2.78. The van der Waals surface area contributed by atoms with Crippen molar-refractivity contribution in [3.05, 3.63) is 24.0 Å². The third-order valence-electron chi connectivity index (χ3n) is 3.97. The number of hydrogen-bond donors (Lipinski definition) is 1. The molecule has 6 nitrogen and oxygen atoms in total. The van der Waals surface area contributed by atoms with Gasteiger partial charge in [-0.2, -0.15) is 0 Å². The summed E-state index contributed by atoms with van der Waals surface area (Å²) in [6, 6.07) is 3.84. The van der Waals surface area contributed by atoms with Crippen LogP contribution in [0.25, 0.3) is 0 Å². The first kappa shape index (κ1) is 20.1. The lowest BCUT2D eigenvalue weighted by molar-refractivity contribution is -0.132. The average Bonchev–Trinajstić information content (AvgIpc) is 2.96. The first-order valence-electron chi connectivity index (χ1n) is 8.94. The smallest absolute Gasteiger partial charge is 0.317 e. The van der Waals surface area contributed by atoms with Gasteiger partial charge in [0.2, 0.25) is 5.91 Å². The molecule has 1 heterocycles. The number of nitrogens with one attached hydrogen (secondary N) is 1. The van der Waals surface area contributed by atoms with Crippen molar-refractivity contribution in [1.29, 1.82) is 0 Å². The highest BCUT2D eigenvalue weighted by atomic mass is 16.2. The third-order valence-corrected chi connectivity index (χ3v) is 3.97. The molecule has 24 heavy (non-hydrogen) atoms. The molecule has 3 amide bonds. The molecule has 0 spiro atoms. The molecular formula is C18H32N4O2. The van der Waals surface area contributed by atoms with E-state index in [0.717, 1.165) is 31.5 Å². The summed E-state index contributed by atoms with van der Waals surface area (Å²) in [6.45, 7) is 8.59. The van der Waals surface area contributed by atoms with Gasteiger partial charge in [-0.15, -0.1) is 0 Å². The molecule has 0 atom stereocenters. The van der Waals surface area contributed by atoms with Crippen LogP contribution in [0.4, 0.5) is 4.79 Å². The molecule has 0 bridgehead atoms. The lowest BCUT2D eigenvalue weighted by Gasteiger charge is -2.27. The number of aryl methyl sites for hydroxylation is 1. The van der Waals surface area contributed by atoms with Crippen molar-refractivity contribution in [2.45, 2.75) is 46.6 Å². The van der Waals surface area contributed by atoms with Crippen LogP contribution in [0.15, 0.2) is 18.3 Å². The van der Waals surface area contributed by atoms with Crippen LogP contribution < -0.4 is 5.32 Å². The number of hydrogen-bond acceptors (Lipinski definition) is 2. The van der Waals surface area contributed by atoms with E-state index in [1.165, 1.54) is 0 Å². The molecule has 6 heteroatoms. The number of urea groups is 1. The monoisotopic (exact) mass is 336 g/mol. The number of carbonyl (C=O) groups is 2. The Hall–Kier alpha value is -1.98. The zero-order valence-electron chi connectivity index (χ0n) is 15.5. The summed E-state index contributed by atoms with van der Waals surface area (Å²) < 4.78 is 2.03. The Balaban J connectivity index is 2.77. The Kier molecular flexibility index (Phi) is 8.97. The first-order chi connectivity index (χ1) is 11.5. The van der Waals surface area contributed by atoms with Gasteiger partial charge in [0, 0.05) is 38.6 Å². The van der Waals surface area contributed by atoms with E-state index in [1.54, 1.807) is 4.90 Å². The molecule has 0 aromatic carbocycles. The SMILES string of the molecule is CCCCN(Cc1cccn1C)C(=O)CN(CCC)C(=O)NCC. The predicted octanol–water partition coefficient (Wildman–Crippen LogP) is 2.60. The quantitative estimate of drug-likeness (QED) is 0.714. The van der Waals surface area contributed by atoms with Gasteiger partial charge in [-0.3, -0.25) is 4.79 Å².